The van der Waals surface area contributed by atoms with Crippen molar-refractivity contribution in [2.75, 3.05) is 34.4 Å². The van der Waals surface area contributed by atoms with E-state index in [0.717, 1.165) is 5.56 Å². The molecule has 0 bridgehead atoms. The summed E-state index contributed by atoms with van der Waals surface area (Å²) in [4.78, 5) is 40.5. The quantitative estimate of drug-likeness (QED) is 0.414. The van der Waals surface area contributed by atoms with E-state index in [1.807, 2.05) is 44.1 Å². The van der Waals surface area contributed by atoms with E-state index in [0.29, 0.717) is 25.1 Å². The number of amides is 2. The van der Waals surface area contributed by atoms with E-state index in [1.165, 1.54) is 0 Å². The number of ether oxygens (including phenoxy) is 2. The van der Waals surface area contributed by atoms with Gasteiger partial charge in [0.1, 0.15) is 11.7 Å². The third-order valence-corrected chi connectivity index (χ3v) is 5.48. The van der Waals surface area contributed by atoms with Crippen molar-refractivity contribution in [3.05, 3.63) is 29.8 Å². The van der Waals surface area contributed by atoms with Gasteiger partial charge in [0.2, 0.25) is 11.8 Å². The summed E-state index contributed by atoms with van der Waals surface area (Å²) in [5.41, 5.74) is -0.307. The van der Waals surface area contributed by atoms with Gasteiger partial charge in [-0.2, -0.15) is 0 Å². The Morgan fingerprint density at radius 1 is 1.25 bits per heavy atom. The van der Waals surface area contributed by atoms with Crippen LogP contribution in [0.25, 0.3) is 0 Å². The van der Waals surface area contributed by atoms with Crippen LogP contribution < -0.4 is 10.1 Å². The van der Waals surface area contributed by atoms with E-state index in [4.69, 9.17) is 9.47 Å². The van der Waals surface area contributed by atoms with Crippen molar-refractivity contribution >= 4 is 17.8 Å². The minimum Gasteiger partial charge on any atom is -0.497 e. The zero-order valence-electron chi connectivity index (χ0n) is 17.3. The molecule has 1 fully saturated rings. The molecule has 154 valence electrons. The molecule has 1 aromatic carbocycles. The molecule has 7 heteroatoms. The van der Waals surface area contributed by atoms with Gasteiger partial charge in [0.05, 0.1) is 19.1 Å². The number of benzene rings is 1. The number of hydrogen-bond acceptors (Lipinski definition) is 6. The summed E-state index contributed by atoms with van der Waals surface area (Å²) in [6.45, 7) is 4.39. The average molecular weight is 390 g/mol. The van der Waals surface area contributed by atoms with Crippen molar-refractivity contribution in [2.24, 2.45) is 11.8 Å². The summed E-state index contributed by atoms with van der Waals surface area (Å²) in [7, 11) is 5.42. The number of nitrogens with one attached hydrogen (secondary N) is 1. The Balaban J connectivity index is 2.65. The normalized spacial score (nSPS) is 24.8. The van der Waals surface area contributed by atoms with Crippen molar-refractivity contribution in [2.45, 2.75) is 32.1 Å². The first-order valence-electron chi connectivity index (χ1n) is 9.62. The van der Waals surface area contributed by atoms with Gasteiger partial charge in [0.15, 0.2) is 0 Å². The molecule has 1 N–H and O–H groups in total. The van der Waals surface area contributed by atoms with E-state index in [1.54, 1.807) is 20.1 Å². The largest absolute Gasteiger partial charge is 0.497 e. The van der Waals surface area contributed by atoms with E-state index < -0.39 is 29.1 Å². The molecule has 0 spiro atoms. The summed E-state index contributed by atoms with van der Waals surface area (Å²) < 4.78 is 10.5. The Labute approximate surface area is 166 Å². The number of methoxy groups -OCH3 is 1. The number of carbonyl (C=O) groups is 3. The van der Waals surface area contributed by atoms with Gasteiger partial charge in [-0.3, -0.25) is 19.7 Å². The minimum absolute atomic E-state index is 0.177. The van der Waals surface area contributed by atoms with Crippen LogP contribution in [0.1, 0.15) is 32.3 Å². The molecule has 0 aliphatic carbocycles. The molecule has 1 aliphatic heterocycles. The van der Waals surface area contributed by atoms with Crippen LogP contribution >= 0.6 is 0 Å². The molecule has 1 aromatic rings. The van der Waals surface area contributed by atoms with Gasteiger partial charge < -0.3 is 14.4 Å². The van der Waals surface area contributed by atoms with E-state index in [9.17, 15) is 14.4 Å². The Bertz CT molecular complexity index is 733. The van der Waals surface area contributed by atoms with Crippen molar-refractivity contribution in [3.8, 4) is 5.75 Å². The molecule has 1 saturated heterocycles. The molecular weight excluding hydrogens is 360 g/mol. The Kier molecular flexibility index (Phi) is 7.18. The first-order valence-corrected chi connectivity index (χ1v) is 9.62. The van der Waals surface area contributed by atoms with Crippen LogP contribution in [0.4, 0.5) is 0 Å². The fourth-order valence-electron chi connectivity index (χ4n) is 4.11. The number of rotatable bonds is 8. The van der Waals surface area contributed by atoms with Gasteiger partial charge in [-0.1, -0.05) is 25.5 Å². The van der Waals surface area contributed by atoms with Crippen LogP contribution in [0, 0.1) is 11.8 Å². The lowest BCUT2D eigenvalue weighted by atomic mass is 9.59. The standard InChI is InChI=1S/C21H30N2O5/c1-6-16-17(19(25)28-7-2)18(24)22-20(26)21(16,11-12-23(3)4)14-9-8-10-15(13-14)27-5/h8-10,13,16-17H,6-7,11-12H2,1-5H3,(H,22,24,26). The van der Waals surface area contributed by atoms with E-state index in [-0.39, 0.29) is 12.5 Å². The second-order valence-corrected chi connectivity index (χ2v) is 7.32. The first kappa shape index (κ1) is 21.9. The molecular formula is C21H30N2O5. The lowest BCUT2D eigenvalue weighted by Crippen LogP contribution is -2.63. The fraction of sp³-hybridized carbons (Fsp3) is 0.571. The number of imide groups is 1. The molecule has 3 unspecified atom stereocenters. The molecule has 1 heterocycles. The Morgan fingerprint density at radius 3 is 2.54 bits per heavy atom. The van der Waals surface area contributed by atoms with E-state index in [2.05, 4.69) is 5.32 Å². The van der Waals surface area contributed by atoms with Gasteiger partial charge in [0.25, 0.3) is 0 Å². The monoisotopic (exact) mass is 390 g/mol. The minimum atomic E-state index is -1.04. The SMILES string of the molecule is CCOC(=O)C1C(=O)NC(=O)C(CCN(C)C)(c2cccc(OC)c2)C1CC. The molecule has 28 heavy (non-hydrogen) atoms. The maximum atomic E-state index is 13.3. The maximum absolute atomic E-state index is 13.3. The number of carbonyl (C=O) groups excluding carboxylic acids is 3. The van der Waals surface area contributed by atoms with Crippen molar-refractivity contribution < 1.29 is 23.9 Å². The summed E-state index contributed by atoms with van der Waals surface area (Å²) in [6.07, 6.45) is 0.938. The smallest absolute Gasteiger partial charge is 0.318 e. The lowest BCUT2D eigenvalue weighted by Gasteiger charge is -2.46. The molecule has 7 nitrogen and oxygen atoms in total. The van der Waals surface area contributed by atoms with Gasteiger partial charge in [0, 0.05) is 0 Å². The zero-order valence-corrected chi connectivity index (χ0v) is 17.3. The van der Waals surface area contributed by atoms with Crippen LogP contribution in [0.2, 0.25) is 0 Å². The second kappa shape index (κ2) is 9.19. The molecule has 1 aliphatic rings. The highest BCUT2D eigenvalue weighted by molar-refractivity contribution is 6.11. The summed E-state index contributed by atoms with van der Waals surface area (Å²) in [6, 6.07) is 7.30. The third-order valence-electron chi connectivity index (χ3n) is 5.48. The number of nitrogens with zero attached hydrogens (tertiary/aromatic N) is 1. The van der Waals surface area contributed by atoms with Gasteiger partial charge in [-0.05, 0) is 57.6 Å². The predicted molar refractivity (Wildman–Crippen MR) is 105 cm³/mol. The molecule has 0 saturated carbocycles. The number of hydrogen-bond donors (Lipinski definition) is 1. The topological polar surface area (TPSA) is 84.9 Å². The number of esters is 1. The molecule has 3 atom stereocenters. The average Bonchev–Trinajstić information content (AvgIpc) is 2.66. The highest BCUT2D eigenvalue weighted by Gasteiger charge is 2.57. The van der Waals surface area contributed by atoms with Gasteiger partial charge >= 0.3 is 5.97 Å². The first-order chi connectivity index (χ1) is 13.3. The summed E-state index contributed by atoms with van der Waals surface area (Å²) >= 11 is 0. The molecule has 0 radical (unpaired) electrons. The van der Waals surface area contributed by atoms with Gasteiger partial charge in [-0.25, -0.2) is 0 Å². The Hall–Kier alpha value is -2.41. The van der Waals surface area contributed by atoms with Crippen LogP contribution in [0.3, 0.4) is 0 Å². The van der Waals surface area contributed by atoms with Crippen molar-refractivity contribution in [1.29, 1.82) is 0 Å². The maximum Gasteiger partial charge on any atom is 0.318 e. The molecule has 2 amide bonds. The van der Waals surface area contributed by atoms with Crippen LogP contribution in [-0.2, 0) is 24.5 Å². The van der Waals surface area contributed by atoms with Crippen molar-refractivity contribution in [1.82, 2.24) is 10.2 Å². The molecule has 0 aromatic heterocycles. The highest BCUT2D eigenvalue weighted by Crippen LogP contribution is 2.46. The summed E-state index contributed by atoms with van der Waals surface area (Å²) in [5, 5.41) is 2.45. The van der Waals surface area contributed by atoms with Crippen LogP contribution in [-0.4, -0.2) is 57.0 Å². The molecule has 2 rings (SSSR count). The van der Waals surface area contributed by atoms with Crippen LogP contribution in [0.5, 0.6) is 5.75 Å². The fourth-order valence-corrected chi connectivity index (χ4v) is 4.11. The lowest BCUT2D eigenvalue weighted by molar-refractivity contribution is -0.162. The van der Waals surface area contributed by atoms with Gasteiger partial charge in [-0.15, -0.1) is 0 Å². The van der Waals surface area contributed by atoms with E-state index >= 15 is 0 Å². The third kappa shape index (κ3) is 4.04. The summed E-state index contributed by atoms with van der Waals surface area (Å²) in [5.74, 6) is -2.47. The number of piperidine rings is 1. The van der Waals surface area contributed by atoms with Crippen molar-refractivity contribution in [3.63, 3.8) is 0 Å². The van der Waals surface area contributed by atoms with Crippen LogP contribution in [0.15, 0.2) is 24.3 Å². The highest BCUT2D eigenvalue weighted by atomic mass is 16.5. The zero-order chi connectivity index (χ0) is 20.9. The predicted octanol–water partition coefficient (Wildman–Crippen LogP) is 1.75. The second-order valence-electron chi connectivity index (χ2n) is 7.32. The Morgan fingerprint density at radius 2 is 1.96 bits per heavy atom.